The van der Waals surface area contributed by atoms with Gasteiger partial charge in [0.05, 0.1) is 19.0 Å². The number of amides is 4. The molecule has 3 unspecified atom stereocenters. The minimum absolute atomic E-state index is 0.000441. The van der Waals surface area contributed by atoms with Crippen LogP contribution in [-0.4, -0.2) is 59.4 Å². The van der Waals surface area contributed by atoms with E-state index in [1.165, 1.54) is 0 Å². The number of primary amides is 1. The number of nitrogens with one attached hydrogen (secondary N) is 3. The Morgan fingerprint density at radius 2 is 1.41 bits per heavy atom. The van der Waals surface area contributed by atoms with Gasteiger partial charge in [0, 0.05) is 0 Å². The van der Waals surface area contributed by atoms with Crippen LogP contribution in [-0.2, 0) is 24.0 Å². The third-order valence-corrected chi connectivity index (χ3v) is 3.86. The van der Waals surface area contributed by atoms with Crippen molar-refractivity contribution in [3.63, 3.8) is 0 Å². The zero-order valence-corrected chi connectivity index (χ0v) is 17.4. The van der Waals surface area contributed by atoms with Crippen LogP contribution in [0.25, 0.3) is 0 Å². The number of carboxylic acid groups (broad SMARTS) is 1. The zero-order chi connectivity index (χ0) is 22.7. The number of carbonyl (C=O) groups is 5. The lowest BCUT2D eigenvalue weighted by atomic mass is 10.0. The summed E-state index contributed by atoms with van der Waals surface area (Å²) in [5, 5.41) is 16.2. The predicted molar refractivity (Wildman–Crippen MR) is 105 cm³/mol. The van der Waals surface area contributed by atoms with Crippen LogP contribution in [0.5, 0.6) is 0 Å². The van der Waals surface area contributed by atoms with E-state index in [-0.39, 0.29) is 24.8 Å². The van der Waals surface area contributed by atoms with Crippen LogP contribution in [0.4, 0.5) is 0 Å². The Labute approximate surface area is 170 Å². The average Bonchev–Trinajstić information content (AvgIpc) is 2.56. The second kappa shape index (κ2) is 12.7. The first-order valence-corrected chi connectivity index (χ1v) is 9.47. The minimum atomic E-state index is -1.50. The number of hydrogen-bond donors (Lipinski definition) is 6. The molecule has 0 aromatic rings. The third kappa shape index (κ3) is 11.7. The second-order valence-corrected chi connectivity index (χ2v) is 7.77. The number of rotatable bonds is 13. The predicted octanol–water partition coefficient (Wildman–Crippen LogP) is -1.55. The van der Waals surface area contributed by atoms with E-state index < -0.39 is 54.1 Å². The largest absolute Gasteiger partial charge is 0.480 e. The first-order valence-electron chi connectivity index (χ1n) is 9.47. The fourth-order valence-corrected chi connectivity index (χ4v) is 2.54. The SMILES string of the molecule is CC(C)CC(N)C(=O)NCC(=O)NC(CC(C)C)C(=O)NC(CC(N)=O)C(=O)O. The van der Waals surface area contributed by atoms with Crippen molar-refractivity contribution in [3.8, 4) is 0 Å². The van der Waals surface area contributed by atoms with E-state index in [9.17, 15) is 24.0 Å². The number of carbonyl (C=O) groups excluding carboxylic acids is 4. The van der Waals surface area contributed by atoms with Crippen LogP contribution in [0, 0.1) is 11.8 Å². The van der Waals surface area contributed by atoms with Crippen molar-refractivity contribution in [1.82, 2.24) is 16.0 Å². The van der Waals surface area contributed by atoms with Gasteiger partial charge in [0.2, 0.25) is 23.6 Å². The van der Waals surface area contributed by atoms with Crippen molar-refractivity contribution in [1.29, 1.82) is 0 Å². The molecule has 3 atom stereocenters. The molecule has 0 bridgehead atoms. The lowest BCUT2D eigenvalue weighted by Crippen LogP contribution is -2.54. The lowest BCUT2D eigenvalue weighted by molar-refractivity contribution is -0.143. The number of hydrogen-bond acceptors (Lipinski definition) is 6. The molecule has 0 heterocycles. The molecule has 166 valence electrons. The fourth-order valence-electron chi connectivity index (χ4n) is 2.54. The second-order valence-electron chi connectivity index (χ2n) is 7.77. The third-order valence-electron chi connectivity index (χ3n) is 3.86. The number of carboxylic acids is 1. The molecule has 0 spiro atoms. The molecule has 0 aromatic heterocycles. The summed E-state index contributed by atoms with van der Waals surface area (Å²) in [6.07, 6.45) is 0.108. The van der Waals surface area contributed by atoms with Gasteiger partial charge in [-0.1, -0.05) is 27.7 Å². The Kier molecular flexibility index (Phi) is 11.5. The molecule has 0 fully saturated rings. The molecule has 11 nitrogen and oxygen atoms in total. The molecule has 0 radical (unpaired) electrons. The van der Waals surface area contributed by atoms with Gasteiger partial charge in [0.15, 0.2) is 0 Å². The van der Waals surface area contributed by atoms with Crippen molar-refractivity contribution >= 4 is 29.6 Å². The molecule has 0 aliphatic rings. The van der Waals surface area contributed by atoms with Gasteiger partial charge in [0.25, 0.3) is 0 Å². The van der Waals surface area contributed by atoms with Crippen LogP contribution in [0.2, 0.25) is 0 Å². The Morgan fingerprint density at radius 1 is 0.862 bits per heavy atom. The Hall–Kier alpha value is -2.69. The molecule has 0 aliphatic heterocycles. The summed E-state index contributed by atoms with van der Waals surface area (Å²) in [6.45, 7) is 7.08. The zero-order valence-electron chi connectivity index (χ0n) is 17.4. The summed E-state index contributed by atoms with van der Waals surface area (Å²) in [4.78, 5) is 58.6. The highest BCUT2D eigenvalue weighted by atomic mass is 16.4. The van der Waals surface area contributed by atoms with Gasteiger partial charge in [-0.15, -0.1) is 0 Å². The van der Waals surface area contributed by atoms with Crippen molar-refractivity contribution in [2.24, 2.45) is 23.3 Å². The van der Waals surface area contributed by atoms with Crippen molar-refractivity contribution < 1.29 is 29.1 Å². The van der Waals surface area contributed by atoms with Crippen LogP contribution in [0.3, 0.4) is 0 Å². The van der Waals surface area contributed by atoms with Crippen molar-refractivity contribution in [3.05, 3.63) is 0 Å². The van der Waals surface area contributed by atoms with Gasteiger partial charge in [-0.3, -0.25) is 19.2 Å². The summed E-state index contributed by atoms with van der Waals surface area (Å²) in [5.74, 6) is -3.96. The van der Waals surface area contributed by atoms with Gasteiger partial charge < -0.3 is 32.5 Å². The van der Waals surface area contributed by atoms with Crippen molar-refractivity contribution in [2.75, 3.05) is 6.54 Å². The molecule has 0 saturated carbocycles. The van der Waals surface area contributed by atoms with Crippen LogP contribution in [0.15, 0.2) is 0 Å². The minimum Gasteiger partial charge on any atom is -0.480 e. The molecule has 0 aliphatic carbocycles. The molecule has 0 aromatic carbocycles. The van der Waals surface area contributed by atoms with Gasteiger partial charge in [-0.05, 0) is 24.7 Å². The molecule has 0 saturated heterocycles. The highest BCUT2D eigenvalue weighted by Gasteiger charge is 2.28. The Morgan fingerprint density at radius 3 is 1.86 bits per heavy atom. The van der Waals surface area contributed by atoms with Gasteiger partial charge >= 0.3 is 5.97 Å². The van der Waals surface area contributed by atoms with Crippen LogP contribution < -0.4 is 27.4 Å². The molecular weight excluding hydrogens is 382 g/mol. The van der Waals surface area contributed by atoms with E-state index in [1.54, 1.807) is 0 Å². The maximum atomic E-state index is 12.4. The van der Waals surface area contributed by atoms with Crippen molar-refractivity contribution in [2.45, 2.75) is 65.1 Å². The first kappa shape index (κ1) is 26.3. The molecule has 29 heavy (non-hydrogen) atoms. The molecule has 0 rings (SSSR count). The average molecular weight is 415 g/mol. The molecular formula is C18H33N5O6. The van der Waals surface area contributed by atoms with Gasteiger partial charge in [0.1, 0.15) is 12.1 Å². The van der Waals surface area contributed by atoms with E-state index in [0.29, 0.717) is 6.42 Å². The highest BCUT2D eigenvalue weighted by Crippen LogP contribution is 2.06. The maximum absolute atomic E-state index is 12.4. The molecule has 11 heteroatoms. The maximum Gasteiger partial charge on any atom is 0.326 e. The van der Waals surface area contributed by atoms with E-state index in [0.717, 1.165) is 0 Å². The summed E-state index contributed by atoms with van der Waals surface area (Å²) >= 11 is 0. The Bertz CT molecular complexity index is 608. The summed E-state index contributed by atoms with van der Waals surface area (Å²) in [6, 6.07) is -3.29. The summed E-state index contributed by atoms with van der Waals surface area (Å²) in [7, 11) is 0. The molecule has 4 amide bonds. The standard InChI is InChI=1S/C18H33N5O6/c1-9(2)5-11(19)16(26)21-8-15(25)22-12(6-10(3)4)17(27)23-13(18(28)29)7-14(20)24/h9-13H,5-8,19H2,1-4H3,(H2,20,24)(H,21,26)(H,22,25)(H,23,27)(H,28,29). The highest BCUT2D eigenvalue weighted by molar-refractivity contribution is 5.93. The molecule has 8 N–H and O–H groups in total. The van der Waals surface area contributed by atoms with E-state index in [4.69, 9.17) is 16.6 Å². The normalized spacial score (nSPS) is 14.0. The fraction of sp³-hybridized carbons (Fsp3) is 0.722. The first-order chi connectivity index (χ1) is 13.3. The number of nitrogens with two attached hydrogens (primary N) is 2. The number of aliphatic carboxylic acids is 1. The van der Waals surface area contributed by atoms with E-state index in [1.807, 2.05) is 27.7 Å². The van der Waals surface area contributed by atoms with Gasteiger partial charge in [-0.25, -0.2) is 4.79 Å². The lowest BCUT2D eigenvalue weighted by Gasteiger charge is -2.22. The van der Waals surface area contributed by atoms with Crippen LogP contribution in [0.1, 0.15) is 47.0 Å². The summed E-state index contributed by atoms with van der Waals surface area (Å²) < 4.78 is 0. The van der Waals surface area contributed by atoms with Gasteiger partial charge in [-0.2, -0.15) is 0 Å². The van der Waals surface area contributed by atoms with E-state index in [2.05, 4.69) is 16.0 Å². The summed E-state index contributed by atoms with van der Waals surface area (Å²) in [5.41, 5.74) is 10.7. The Balaban J connectivity index is 4.90. The van der Waals surface area contributed by atoms with E-state index >= 15 is 0 Å². The smallest absolute Gasteiger partial charge is 0.326 e. The quantitative estimate of drug-likeness (QED) is 0.209. The topological polar surface area (TPSA) is 194 Å². The van der Waals surface area contributed by atoms with Crippen LogP contribution >= 0.6 is 0 Å². The monoisotopic (exact) mass is 415 g/mol.